The first-order chi connectivity index (χ1) is 7.50. The summed E-state index contributed by atoms with van der Waals surface area (Å²) in [6.45, 7) is 0.850. The molecule has 1 N–H and O–H groups in total. The van der Waals surface area contributed by atoms with E-state index in [1.807, 2.05) is 43.3 Å². The number of benzene rings is 1. The normalized spacial score (nSPS) is 15.1. The van der Waals surface area contributed by atoms with Gasteiger partial charge in [-0.05, 0) is 38.2 Å². The Morgan fingerprint density at radius 1 is 1.31 bits per heavy atom. The van der Waals surface area contributed by atoms with Crippen molar-refractivity contribution in [3.05, 3.63) is 29.8 Å². The van der Waals surface area contributed by atoms with E-state index in [1.165, 1.54) is 0 Å². The van der Waals surface area contributed by atoms with Gasteiger partial charge in [-0.1, -0.05) is 12.1 Å². The van der Waals surface area contributed by atoms with E-state index in [-0.39, 0.29) is 0 Å². The van der Waals surface area contributed by atoms with E-state index < -0.39 is 16.9 Å². The van der Waals surface area contributed by atoms with Crippen molar-refractivity contribution in [1.82, 2.24) is 4.90 Å². The Labute approximate surface area is 99.5 Å². The largest absolute Gasteiger partial charge is 0.388 e. The summed E-state index contributed by atoms with van der Waals surface area (Å²) in [4.78, 5) is 2.84. The maximum Gasteiger partial charge on any atom is 0.0802 e. The predicted molar refractivity (Wildman–Crippen MR) is 66.9 cm³/mol. The highest BCUT2D eigenvalue weighted by molar-refractivity contribution is 7.84. The summed E-state index contributed by atoms with van der Waals surface area (Å²) in [6, 6.07) is 7.31. The molecule has 0 bridgehead atoms. The van der Waals surface area contributed by atoms with Crippen LogP contribution in [-0.4, -0.2) is 41.1 Å². The van der Waals surface area contributed by atoms with Crippen molar-refractivity contribution in [3.63, 3.8) is 0 Å². The van der Waals surface area contributed by atoms with Crippen LogP contribution in [0, 0.1) is 0 Å². The van der Waals surface area contributed by atoms with Gasteiger partial charge < -0.3 is 10.0 Å². The maximum absolute atomic E-state index is 11.2. The fourth-order valence-electron chi connectivity index (χ4n) is 1.43. The molecule has 0 saturated carbocycles. The molecule has 1 aromatic rings. The summed E-state index contributed by atoms with van der Waals surface area (Å²) < 4.78 is 11.2. The Morgan fingerprint density at radius 3 is 2.31 bits per heavy atom. The van der Waals surface area contributed by atoms with Crippen LogP contribution in [0.1, 0.15) is 18.1 Å². The number of nitrogens with zero attached hydrogens (tertiary/aromatic N) is 1. The van der Waals surface area contributed by atoms with Crippen molar-refractivity contribution < 1.29 is 9.32 Å². The van der Waals surface area contributed by atoms with Crippen LogP contribution in [0.2, 0.25) is 0 Å². The molecule has 0 aliphatic heterocycles. The zero-order chi connectivity index (χ0) is 12.1. The third kappa shape index (κ3) is 4.04. The summed E-state index contributed by atoms with van der Waals surface area (Å²) in [5, 5.41) is 9.90. The molecule has 16 heavy (non-hydrogen) atoms. The second-order valence-corrected chi connectivity index (χ2v) is 5.51. The van der Waals surface area contributed by atoms with Gasteiger partial charge in [0.1, 0.15) is 0 Å². The molecular formula is C12H19NO2S. The summed E-state index contributed by atoms with van der Waals surface area (Å²) in [6.07, 6.45) is 1.92. The molecule has 0 amide bonds. The molecule has 0 heterocycles. The van der Waals surface area contributed by atoms with Crippen LogP contribution < -0.4 is 0 Å². The first kappa shape index (κ1) is 13.4. The Balaban J connectivity index is 2.63. The number of aliphatic hydroxyl groups is 1. The van der Waals surface area contributed by atoms with Crippen molar-refractivity contribution in [2.24, 2.45) is 0 Å². The van der Waals surface area contributed by atoms with Gasteiger partial charge in [-0.15, -0.1) is 0 Å². The molecule has 3 nitrogen and oxygen atoms in total. The van der Waals surface area contributed by atoms with Crippen LogP contribution >= 0.6 is 0 Å². The lowest BCUT2D eigenvalue weighted by atomic mass is 10.1. The Hall–Kier alpha value is -0.710. The highest BCUT2D eigenvalue weighted by Gasteiger charge is 2.08. The third-order valence-corrected chi connectivity index (χ3v) is 3.38. The Morgan fingerprint density at radius 2 is 1.88 bits per heavy atom. The lowest BCUT2D eigenvalue weighted by molar-refractivity contribution is 0.154. The molecule has 0 fully saturated rings. The molecule has 0 aromatic heterocycles. The van der Waals surface area contributed by atoms with E-state index in [0.717, 1.165) is 17.0 Å². The van der Waals surface area contributed by atoms with E-state index in [2.05, 4.69) is 0 Å². The van der Waals surface area contributed by atoms with Gasteiger partial charge in [-0.3, -0.25) is 4.21 Å². The lowest BCUT2D eigenvalue weighted by Gasteiger charge is -2.14. The molecule has 1 aromatic carbocycles. The molecule has 1 rings (SSSR count). The van der Waals surface area contributed by atoms with E-state index in [9.17, 15) is 9.32 Å². The van der Waals surface area contributed by atoms with Gasteiger partial charge in [0.15, 0.2) is 0 Å². The minimum atomic E-state index is -0.951. The van der Waals surface area contributed by atoms with Gasteiger partial charge in [-0.2, -0.15) is 0 Å². The van der Waals surface area contributed by atoms with Crippen molar-refractivity contribution in [1.29, 1.82) is 0 Å². The molecule has 0 aliphatic rings. The fourth-order valence-corrected chi connectivity index (χ4v) is 1.95. The van der Waals surface area contributed by atoms with E-state index >= 15 is 0 Å². The standard InChI is InChI=1S/C12H19NO2S/c1-13(2)9-8-12(14)10-4-6-11(7-5-10)16(3)15/h4-7,12,14H,8-9H2,1-3H3. The van der Waals surface area contributed by atoms with Gasteiger partial charge in [0.25, 0.3) is 0 Å². The minimum Gasteiger partial charge on any atom is -0.388 e. The molecular weight excluding hydrogens is 222 g/mol. The Kier molecular flexibility index (Phi) is 5.12. The number of rotatable bonds is 5. The molecule has 0 aliphatic carbocycles. The van der Waals surface area contributed by atoms with Crippen LogP contribution in [0.15, 0.2) is 29.2 Å². The van der Waals surface area contributed by atoms with Crippen LogP contribution in [0.5, 0.6) is 0 Å². The van der Waals surface area contributed by atoms with E-state index in [4.69, 9.17) is 0 Å². The van der Waals surface area contributed by atoms with Crippen molar-refractivity contribution in [3.8, 4) is 0 Å². The van der Waals surface area contributed by atoms with Gasteiger partial charge >= 0.3 is 0 Å². The topological polar surface area (TPSA) is 40.5 Å². The summed E-state index contributed by atoms with van der Waals surface area (Å²) in [7, 11) is 3.01. The van der Waals surface area contributed by atoms with Crippen molar-refractivity contribution in [2.75, 3.05) is 26.9 Å². The predicted octanol–water partition coefficient (Wildman–Crippen LogP) is 1.41. The second-order valence-electron chi connectivity index (χ2n) is 4.13. The number of hydrogen-bond donors (Lipinski definition) is 1. The molecule has 4 heteroatoms. The van der Waals surface area contributed by atoms with Gasteiger partial charge in [0.05, 0.1) is 6.10 Å². The summed E-state index contributed by atoms with van der Waals surface area (Å²) in [5.41, 5.74) is 0.885. The highest BCUT2D eigenvalue weighted by Crippen LogP contribution is 2.18. The monoisotopic (exact) mass is 241 g/mol. The molecule has 2 unspecified atom stereocenters. The average molecular weight is 241 g/mol. The van der Waals surface area contributed by atoms with Crippen LogP contribution in [0.3, 0.4) is 0 Å². The van der Waals surface area contributed by atoms with Gasteiger partial charge in [0.2, 0.25) is 0 Å². The molecule has 0 spiro atoms. The second kappa shape index (κ2) is 6.13. The number of aliphatic hydroxyl groups excluding tert-OH is 1. The molecule has 90 valence electrons. The third-order valence-electron chi connectivity index (χ3n) is 2.45. The van der Waals surface area contributed by atoms with Crippen molar-refractivity contribution in [2.45, 2.75) is 17.4 Å². The molecule has 0 radical (unpaired) electrons. The zero-order valence-electron chi connectivity index (χ0n) is 10.0. The van der Waals surface area contributed by atoms with E-state index in [0.29, 0.717) is 6.42 Å². The first-order valence-electron chi connectivity index (χ1n) is 5.27. The highest BCUT2D eigenvalue weighted by atomic mass is 32.2. The molecule has 0 saturated heterocycles. The van der Waals surface area contributed by atoms with E-state index in [1.54, 1.807) is 6.26 Å². The van der Waals surface area contributed by atoms with Gasteiger partial charge in [-0.25, -0.2) is 0 Å². The van der Waals surface area contributed by atoms with Crippen LogP contribution in [-0.2, 0) is 10.8 Å². The van der Waals surface area contributed by atoms with Crippen molar-refractivity contribution >= 4 is 10.8 Å². The smallest absolute Gasteiger partial charge is 0.0802 e. The SMILES string of the molecule is CN(C)CCC(O)c1ccc(S(C)=O)cc1. The quantitative estimate of drug-likeness (QED) is 0.847. The maximum atomic E-state index is 11.2. The summed E-state index contributed by atoms with van der Waals surface area (Å²) in [5.74, 6) is 0. The zero-order valence-corrected chi connectivity index (χ0v) is 10.8. The summed E-state index contributed by atoms with van der Waals surface area (Å²) >= 11 is 0. The fraction of sp³-hybridized carbons (Fsp3) is 0.500. The minimum absolute atomic E-state index is 0.443. The first-order valence-corrected chi connectivity index (χ1v) is 6.82. The Bertz CT molecular complexity index is 349. The lowest BCUT2D eigenvalue weighted by Crippen LogP contribution is -2.15. The number of hydrogen-bond acceptors (Lipinski definition) is 3. The van der Waals surface area contributed by atoms with Crippen LogP contribution in [0.25, 0.3) is 0 Å². The van der Waals surface area contributed by atoms with Crippen LogP contribution in [0.4, 0.5) is 0 Å². The van der Waals surface area contributed by atoms with Gasteiger partial charge in [0, 0.05) is 28.5 Å². The average Bonchev–Trinajstić information content (AvgIpc) is 2.26. The molecule has 2 atom stereocenters.